The van der Waals surface area contributed by atoms with Crippen LogP contribution in [0, 0.1) is 6.92 Å². The first kappa shape index (κ1) is 12.9. The highest BCUT2D eigenvalue weighted by atomic mass is 16.3. The van der Waals surface area contributed by atoms with Crippen LogP contribution in [0.3, 0.4) is 0 Å². The summed E-state index contributed by atoms with van der Waals surface area (Å²) < 4.78 is 0. The van der Waals surface area contributed by atoms with E-state index in [0.717, 1.165) is 18.5 Å². The van der Waals surface area contributed by atoms with E-state index in [2.05, 4.69) is 17.2 Å². The third-order valence-electron chi connectivity index (χ3n) is 2.62. The standard InChI is InChI=1S/C12H20N2O2/c1-3-10(6-7-15)13-8-11-12(16)5-4-9(2)14-11/h4-5,10,13,15-16H,3,6-8H2,1-2H3. The summed E-state index contributed by atoms with van der Waals surface area (Å²) in [6.45, 7) is 4.68. The van der Waals surface area contributed by atoms with Crippen LogP contribution in [-0.4, -0.2) is 27.8 Å². The molecule has 0 aromatic carbocycles. The van der Waals surface area contributed by atoms with Gasteiger partial charge in [0.15, 0.2) is 0 Å². The van der Waals surface area contributed by atoms with Crippen molar-refractivity contribution < 1.29 is 10.2 Å². The van der Waals surface area contributed by atoms with E-state index in [1.54, 1.807) is 12.1 Å². The number of aromatic hydroxyl groups is 1. The van der Waals surface area contributed by atoms with Gasteiger partial charge in [0.1, 0.15) is 5.75 Å². The Bertz CT molecular complexity index is 329. The zero-order valence-electron chi connectivity index (χ0n) is 9.90. The van der Waals surface area contributed by atoms with E-state index < -0.39 is 0 Å². The third-order valence-corrected chi connectivity index (χ3v) is 2.62. The highest BCUT2D eigenvalue weighted by molar-refractivity contribution is 5.27. The molecule has 0 spiro atoms. The Labute approximate surface area is 96.3 Å². The van der Waals surface area contributed by atoms with Gasteiger partial charge in [-0.1, -0.05) is 6.92 Å². The van der Waals surface area contributed by atoms with Crippen molar-refractivity contribution in [3.8, 4) is 5.75 Å². The maximum atomic E-state index is 9.60. The average Bonchev–Trinajstić information content (AvgIpc) is 2.28. The van der Waals surface area contributed by atoms with Crippen LogP contribution in [0.5, 0.6) is 5.75 Å². The van der Waals surface area contributed by atoms with Gasteiger partial charge in [-0.25, -0.2) is 0 Å². The molecule has 0 aliphatic rings. The Morgan fingerprint density at radius 2 is 2.19 bits per heavy atom. The zero-order valence-corrected chi connectivity index (χ0v) is 9.90. The molecule has 0 aliphatic heterocycles. The van der Waals surface area contributed by atoms with Crippen LogP contribution < -0.4 is 5.32 Å². The second-order valence-corrected chi connectivity index (χ2v) is 3.92. The van der Waals surface area contributed by atoms with E-state index in [1.165, 1.54) is 0 Å². The van der Waals surface area contributed by atoms with Gasteiger partial charge >= 0.3 is 0 Å². The monoisotopic (exact) mass is 224 g/mol. The van der Waals surface area contributed by atoms with E-state index in [4.69, 9.17) is 5.11 Å². The van der Waals surface area contributed by atoms with Crippen LogP contribution in [0.15, 0.2) is 12.1 Å². The molecule has 4 nitrogen and oxygen atoms in total. The van der Waals surface area contributed by atoms with Gasteiger partial charge in [-0.3, -0.25) is 4.98 Å². The van der Waals surface area contributed by atoms with Crippen molar-refractivity contribution >= 4 is 0 Å². The SMILES string of the molecule is CCC(CCO)NCc1nc(C)ccc1O. The molecule has 0 amide bonds. The first-order valence-electron chi connectivity index (χ1n) is 5.67. The molecule has 3 N–H and O–H groups in total. The van der Waals surface area contributed by atoms with Crippen molar-refractivity contribution in [2.24, 2.45) is 0 Å². The normalized spacial score (nSPS) is 12.7. The molecule has 0 radical (unpaired) electrons. The highest BCUT2D eigenvalue weighted by Gasteiger charge is 2.07. The smallest absolute Gasteiger partial charge is 0.138 e. The van der Waals surface area contributed by atoms with Gasteiger partial charge in [-0.15, -0.1) is 0 Å². The number of nitrogens with zero attached hydrogens (tertiary/aromatic N) is 1. The van der Waals surface area contributed by atoms with Crippen molar-refractivity contribution in [2.45, 2.75) is 39.3 Å². The maximum Gasteiger partial charge on any atom is 0.138 e. The predicted octanol–water partition coefficient (Wildman–Crippen LogP) is 1.35. The summed E-state index contributed by atoms with van der Waals surface area (Å²) in [5.41, 5.74) is 1.56. The van der Waals surface area contributed by atoms with Crippen molar-refractivity contribution in [2.75, 3.05) is 6.61 Å². The van der Waals surface area contributed by atoms with Crippen LogP contribution in [0.4, 0.5) is 0 Å². The summed E-state index contributed by atoms with van der Waals surface area (Å²) in [4.78, 5) is 4.26. The number of hydrogen-bond acceptors (Lipinski definition) is 4. The van der Waals surface area contributed by atoms with Gasteiger partial charge in [0, 0.05) is 24.9 Å². The van der Waals surface area contributed by atoms with Crippen LogP contribution in [0.2, 0.25) is 0 Å². The Balaban J connectivity index is 2.55. The van der Waals surface area contributed by atoms with Gasteiger partial charge in [0.25, 0.3) is 0 Å². The molecule has 0 fully saturated rings. The number of rotatable bonds is 6. The minimum Gasteiger partial charge on any atom is -0.506 e. The lowest BCUT2D eigenvalue weighted by atomic mass is 10.1. The van der Waals surface area contributed by atoms with E-state index in [9.17, 15) is 5.11 Å². The van der Waals surface area contributed by atoms with E-state index in [0.29, 0.717) is 12.2 Å². The topological polar surface area (TPSA) is 65.4 Å². The number of aryl methyl sites for hydroxylation is 1. The first-order valence-corrected chi connectivity index (χ1v) is 5.67. The second kappa shape index (κ2) is 6.45. The van der Waals surface area contributed by atoms with Crippen LogP contribution in [0.25, 0.3) is 0 Å². The Morgan fingerprint density at radius 3 is 2.81 bits per heavy atom. The minimum absolute atomic E-state index is 0.179. The van der Waals surface area contributed by atoms with Gasteiger partial charge in [-0.05, 0) is 31.9 Å². The first-order chi connectivity index (χ1) is 7.67. The molecule has 0 aliphatic carbocycles. The molecule has 1 aromatic rings. The molecule has 1 aromatic heterocycles. The summed E-state index contributed by atoms with van der Waals surface area (Å²) in [7, 11) is 0. The average molecular weight is 224 g/mol. The summed E-state index contributed by atoms with van der Waals surface area (Å²) in [5.74, 6) is 0.219. The number of aliphatic hydroxyl groups excluding tert-OH is 1. The fourth-order valence-electron chi connectivity index (χ4n) is 1.58. The number of nitrogens with one attached hydrogen (secondary N) is 1. The molecular weight excluding hydrogens is 204 g/mol. The number of hydrogen-bond donors (Lipinski definition) is 3. The molecule has 1 atom stereocenters. The molecule has 4 heteroatoms. The van der Waals surface area contributed by atoms with Crippen molar-refractivity contribution in [1.29, 1.82) is 0 Å². The number of aromatic nitrogens is 1. The lowest BCUT2D eigenvalue weighted by Gasteiger charge is -2.15. The second-order valence-electron chi connectivity index (χ2n) is 3.92. The van der Waals surface area contributed by atoms with Crippen LogP contribution >= 0.6 is 0 Å². The van der Waals surface area contributed by atoms with E-state index in [1.807, 2.05) is 6.92 Å². The third kappa shape index (κ3) is 3.79. The molecule has 1 rings (SSSR count). The molecule has 90 valence electrons. The minimum atomic E-state index is 0.179. The lowest BCUT2D eigenvalue weighted by Crippen LogP contribution is -2.29. The summed E-state index contributed by atoms with van der Waals surface area (Å²) in [6.07, 6.45) is 1.68. The van der Waals surface area contributed by atoms with E-state index >= 15 is 0 Å². The molecule has 0 bridgehead atoms. The molecular formula is C12H20N2O2. The van der Waals surface area contributed by atoms with Crippen molar-refractivity contribution in [3.05, 3.63) is 23.5 Å². The fraction of sp³-hybridized carbons (Fsp3) is 0.583. The predicted molar refractivity (Wildman–Crippen MR) is 63.3 cm³/mol. The van der Waals surface area contributed by atoms with Gasteiger partial charge in [-0.2, -0.15) is 0 Å². The zero-order chi connectivity index (χ0) is 12.0. The summed E-state index contributed by atoms with van der Waals surface area (Å²) in [5, 5.41) is 21.7. The lowest BCUT2D eigenvalue weighted by molar-refractivity contribution is 0.261. The summed E-state index contributed by atoms with van der Waals surface area (Å²) in [6, 6.07) is 3.71. The Hall–Kier alpha value is -1.13. The van der Waals surface area contributed by atoms with Gasteiger partial charge in [0.05, 0.1) is 5.69 Å². The number of pyridine rings is 1. The van der Waals surface area contributed by atoms with Crippen molar-refractivity contribution in [1.82, 2.24) is 10.3 Å². The molecule has 0 saturated heterocycles. The largest absolute Gasteiger partial charge is 0.506 e. The fourth-order valence-corrected chi connectivity index (χ4v) is 1.58. The van der Waals surface area contributed by atoms with Crippen LogP contribution in [-0.2, 0) is 6.54 Å². The maximum absolute atomic E-state index is 9.60. The summed E-state index contributed by atoms with van der Waals surface area (Å²) >= 11 is 0. The van der Waals surface area contributed by atoms with Gasteiger partial charge < -0.3 is 15.5 Å². The molecule has 1 unspecified atom stereocenters. The van der Waals surface area contributed by atoms with E-state index in [-0.39, 0.29) is 18.4 Å². The molecule has 16 heavy (non-hydrogen) atoms. The van der Waals surface area contributed by atoms with Crippen molar-refractivity contribution in [3.63, 3.8) is 0 Å². The molecule has 1 heterocycles. The highest BCUT2D eigenvalue weighted by Crippen LogP contribution is 2.14. The Morgan fingerprint density at radius 1 is 1.44 bits per heavy atom. The van der Waals surface area contributed by atoms with Crippen LogP contribution in [0.1, 0.15) is 31.2 Å². The number of aliphatic hydroxyl groups is 1. The van der Waals surface area contributed by atoms with Gasteiger partial charge in [0.2, 0.25) is 0 Å². The Kier molecular flexibility index (Phi) is 5.22. The molecule has 0 saturated carbocycles. The quantitative estimate of drug-likeness (QED) is 0.682.